The van der Waals surface area contributed by atoms with Crippen molar-refractivity contribution in [3.8, 4) is 0 Å². The molecule has 0 saturated carbocycles. The zero-order valence-electron chi connectivity index (χ0n) is 9.65. The maximum absolute atomic E-state index is 11.2. The number of hydrogen-bond donors (Lipinski definition) is 3. The standard InChI is InChI=1S/C11H17N5O/c12-10(17)9-11(15-7-6-14-9)16-8-2-1-4-13-5-3-8/h6-8,13H,1-5H2,(H2,12,17)(H,15,16). The van der Waals surface area contributed by atoms with E-state index >= 15 is 0 Å². The molecule has 1 aliphatic heterocycles. The van der Waals surface area contributed by atoms with Gasteiger partial charge in [0.25, 0.3) is 5.91 Å². The van der Waals surface area contributed by atoms with E-state index in [9.17, 15) is 4.79 Å². The van der Waals surface area contributed by atoms with Crippen molar-refractivity contribution in [2.45, 2.75) is 25.3 Å². The highest BCUT2D eigenvalue weighted by molar-refractivity contribution is 5.95. The van der Waals surface area contributed by atoms with Crippen LogP contribution in [0.25, 0.3) is 0 Å². The van der Waals surface area contributed by atoms with E-state index in [1.807, 2.05) is 0 Å². The SMILES string of the molecule is NC(=O)c1nccnc1NC1CCCNCC1. The third-order valence-electron chi connectivity index (χ3n) is 2.85. The highest BCUT2D eigenvalue weighted by Crippen LogP contribution is 2.14. The minimum atomic E-state index is -0.549. The Balaban J connectivity index is 2.09. The fraction of sp³-hybridized carbons (Fsp3) is 0.545. The summed E-state index contributed by atoms with van der Waals surface area (Å²) in [6.45, 7) is 2.02. The Bertz CT molecular complexity index is 387. The molecule has 1 aromatic rings. The number of amides is 1. The molecule has 1 saturated heterocycles. The van der Waals surface area contributed by atoms with Crippen LogP contribution in [0.4, 0.5) is 5.82 Å². The van der Waals surface area contributed by atoms with E-state index in [0.29, 0.717) is 11.9 Å². The van der Waals surface area contributed by atoms with Gasteiger partial charge in [0.2, 0.25) is 0 Å². The van der Waals surface area contributed by atoms with Crippen LogP contribution in [0.5, 0.6) is 0 Å². The van der Waals surface area contributed by atoms with Gasteiger partial charge in [-0.2, -0.15) is 0 Å². The summed E-state index contributed by atoms with van der Waals surface area (Å²) in [6.07, 6.45) is 6.21. The van der Waals surface area contributed by atoms with Crippen molar-refractivity contribution in [3.05, 3.63) is 18.1 Å². The lowest BCUT2D eigenvalue weighted by atomic mass is 10.1. The highest BCUT2D eigenvalue weighted by atomic mass is 16.1. The molecule has 1 atom stereocenters. The van der Waals surface area contributed by atoms with Crippen molar-refractivity contribution in [2.24, 2.45) is 5.73 Å². The van der Waals surface area contributed by atoms with E-state index in [-0.39, 0.29) is 5.69 Å². The molecule has 0 radical (unpaired) electrons. The zero-order chi connectivity index (χ0) is 12.1. The summed E-state index contributed by atoms with van der Waals surface area (Å²) >= 11 is 0. The molecule has 0 bridgehead atoms. The predicted octanol–water partition coefficient (Wildman–Crippen LogP) is 0.129. The lowest BCUT2D eigenvalue weighted by Crippen LogP contribution is -2.25. The molecule has 1 aromatic heterocycles. The molecule has 0 aliphatic carbocycles. The third-order valence-corrected chi connectivity index (χ3v) is 2.85. The normalized spacial score (nSPS) is 20.6. The van der Waals surface area contributed by atoms with Crippen molar-refractivity contribution < 1.29 is 4.79 Å². The average Bonchev–Trinajstić information content (AvgIpc) is 2.58. The van der Waals surface area contributed by atoms with Gasteiger partial charge in [-0.1, -0.05) is 0 Å². The molecule has 2 heterocycles. The molecular formula is C11H17N5O. The maximum atomic E-state index is 11.2. The number of carbonyl (C=O) groups excluding carboxylic acids is 1. The van der Waals surface area contributed by atoms with Gasteiger partial charge in [0.1, 0.15) is 0 Å². The van der Waals surface area contributed by atoms with Gasteiger partial charge >= 0.3 is 0 Å². The first kappa shape index (κ1) is 11.8. The molecule has 1 aliphatic rings. The van der Waals surface area contributed by atoms with E-state index in [1.165, 1.54) is 6.20 Å². The van der Waals surface area contributed by atoms with Gasteiger partial charge in [0, 0.05) is 18.4 Å². The van der Waals surface area contributed by atoms with E-state index in [4.69, 9.17) is 5.73 Å². The molecule has 1 amide bonds. The number of rotatable bonds is 3. The van der Waals surface area contributed by atoms with Crippen LogP contribution in [-0.2, 0) is 0 Å². The number of carbonyl (C=O) groups is 1. The molecule has 1 unspecified atom stereocenters. The van der Waals surface area contributed by atoms with E-state index < -0.39 is 5.91 Å². The first-order chi connectivity index (χ1) is 8.27. The number of nitrogens with zero attached hydrogens (tertiary/aromatic N) is 2. The fourth-order valence-electron chi connectivity index (χ4n) is 1.98. The van der Waals surface area contributed by atoms with Crippen LogP contribution in [0.1, 0.15) is 29.8 Å². The van der Waals surface area contributed by atoms with Gasteiger partial charge in [0.05, 0.1) is 0 Å². The monoisotopic (exact) mass is 235 g/mol. The Hall–Kier alpha value is -1.69. The van der Waals surface area contributed by atoms with Crippen LogP contribution in [0, 0.1) is 0 Å². The first-order valence-electron chi connectivity index (χ1n) is 5.85. The summed E-state index contributed by atoms with van der Waals surface area (Å²) in [5.74, 6) is -0.0563. The molecule has 92 valence electrons. The van der Waals surface area contributed by atoms with Gasteiger partial charge in [-0.3, -0.25) is 4.79 Å². The second-order valence-electron chi connectivity index (χ2n) is 4.14. The van der Waals surface area contributed by atoms with Crippen LogP contribution < -0.4 is 16.4 Å². The second kappa shape index (κ2) is 5.58. The highest BCUT2D eigenvalue weighted by Gasteiger charge is 2.16. The molecule has 1 fully saturated rings. The summed E-state index contributed by atoms with van der Waals surface area (Å²) in [7, 11) is 0. The minimum Gasteiger partial charge on any atom is -0.365 e. The number of anilines is 1. The average molecular weight is 235 g/mol. The van der Waals surface area contributed by atoms with Crippen molar-refractivity contribution in [2.75, 3.05) is 18.4 Å². The van der Waals surface area contributed by atoms with Crippen molar-refractivity contribution in [1.29, 1.82) is 0 Å². The lowest BCUT2D eigenvalue weighted by Gasteiger charge is -2.17. The molecular weight excluding hydrogens is 218 g/mol. The maximum Gasteiger partial charge on any atom is 0.271 e. The summed E-state index contributed by atoms with van der Waals surface area (Å²) in [5.41, 5.74) is 5.47. The quantitative estimate of drug-likeness (QED) is 0.692. The Morgan fingerprint density at radius 3 is 3.00 bits per heavy atom. The van der Waals surface area contributed by atoms with Crippen LogP contribution >= 0.6 is 0 Å². The predicted molar refractivity (Wildman–Crippen MR) is 64.7 cm³/mol. The summed E-state index contributed by atoms with van der Waals surface area (Å²) in [6, 6.07) is 0.319. The Labute approximate surface area is 100 Å². The number of aromatic nitrogens is 2. The molecule has 0 spiro atoms. The molecule has 2 rings (SSSR count). The van der Waals surface area contributed by atoms with E-state index in [1.54, 1.807) is 6.20 Å². The summed E-state index contributed by atoms with van der Waals surface area (Å²) in [5, 5.41) is 6.59. The van der Waals surface area contributed by atoms with Crippen molar-refractivity contribution in [3.63, 3.8) is 0 Å². The number of nitrogens with one attached hydrogen (secondary N) is 2. The minimum absolute atomic E-state index is 0.213. The Morgan fingerprint density at radius 2 is 2.18 bits per heavy atom. The van der Waals surface area contributed by atoms with Gasteiger partial charge < -0.3 is 16.4 Å². The molecule has 6 heteroatoms. The lowest BCUT2D eigenvalue weighted by molar-refractivity contribution is 0.0996. The Morgan fingerprint density at radius 1 is 1.35 bits per heavy atom. The van der Waals surface area contributed by atoms with Crippen molar-refractivity contribution >= 4 is 11.7 Å². The second-order valence-corrected chi connectivity index (χ2v) is 4.14. The number of nitrogens with two attached hydrogens (primary N) is 1. The number of primary amides is 1. The topological polar surface area (TPSA) is 92.9 Å². The van der Waals surface area contributed by atoms with Gasteiger partial charge in [-0.25, -0.2) is 9.97 Å². The summed E-state index contributed by atoms with van der Waals surface area (Å²) in [4.78, 5) is 19.3. The number of hydrogen-bond acceptors (Lipinski definition) is 5. The van der Waals surface area contributed by atoms with Crippen LogP contribution in [-0.4, -0.2) is 35.0 Å². The van der Waals surface area contributed by atoms with Crippen LogP contribution in [0.2, 0.25) is 0 Å². The van der Waals surface area contributed by atoms with Crippen LogP contribution in [0.15, 0.2) is 12.4 Å². The molecule has 0 aromatic carbocycles. The third kappa shape index (κ3) is 3.13. The van der Waals surface area contributed by atoms with Gasteiger partial charge in [0.15, 0.2) is 11.5 Å². The molecule has 6 nitrogen and oxygen atoms in total. The van der Waals surface area contributed by atoms with E-state index in [0.717, 1.165) is 32.4 Å². The van der Waals surface area contributed by atoms with Crippen LogP contribution in [0.3, 0.4) is 0 Å². The summed E-state index contributed by atoms with van der Waals surface area (Å²) < 4.78 is 0. The van der Waals surface area contributed by atoms with E-state index in [2.05, 4.69) is 20.6 Å². The van der Waals surface area contributed by atoms with Gasteiger partial charge in [-0.15, -0.1) is 0 Å². The molecule has 17 heavy (non-hydrogen) atoms. The molecule has 4 N–H and O–H groups in total. The smallest absolute Gasteiger partial charge is 0.271 e. The Kier molecular flexibility index (Phi) is 3.87. The van der Waals surface area contributed by atoms with Crippen molar-refractivity contribution in [1.82, 2.24) is 15.3 Å². The zero-order valence-corrected chi connectivity index (χ0v) is 9.65. The first-order valence-corrected chi connectivity index (χ1v) is 5.85. The largest absolute Gasteiger partial charge is 0.365 e. The fourth-order valence-corrected chi connectivity index (χ4v) is 1.98. The van der Waals surface area contributed by atoms with Gasteiger partial charge in [-0.05, 0) is 32.4 Å².